The van der Waals surface area contributed by atoms with Crippen LogP contribution in [0.2, 0.25) is 0 Å². The number of hydrogen-bond donors (Lipinski definition) is 4. The predicted octanol–water partition coefficient (Wildman–Crippen LogP) is 3.54. The third kappa shape index (κ3) is 8.46. The predicted molar refractivity (Wildman–Crippen MR) is 162 cm³/mol. The van der Waals surface area contributed by atoms with Gasteiger partial charge in [-0.3, -0.25) is 9.59 Å². The van der Waals surface area contributed by atoms with E-state index >= 15 is 0 Å². The van der Waals surface area contributed by atoms with Gasteiger partial charge in [-0.25, -0.2) is 4.72 Å². The lowest BCUT2D eigenvalue weighted by atomic mass is 9.83. The van der Waals surface area contributed by atoms with E-state index in [9.17, 15) is 14.7 Å². The second kappa shape index (κ2) is 16.0. The van der Waals surface area contributed by atoms with Crippen LogP contribution in [0.4, 0.5) is 0 Å². The highest BCUT2D eigenvalue weighted by molar-refractivity contribution is 7.97. The Morgan fingerprint density at radius 3 is 2.58 bits per heavy atom. The summed E-state index contributed by atoms with van der Waals surface area (Å²) in [5.74, 6) is 1.55. The molecular weight excluding hydrogens is 524 g/mol. The normalized spacial score (nSPS) is 19.3. The maximum atomic E-state index is 14.0. The Hall–Kier alpha value is -2.59. The summed E-state index contributed by atoms with van der Waals surface area (Å²) in [7, 11) is 1.63. The van der Waals surface area contributed by atoms with Crippen LogP contribution in [0.25, 0.3) is 0 Å². The van der Waals surface area contributed by atoms with Gasteiger partial charge in [-0.05, 0) is 48.4 Å². The van der Waals surface area contributed by atoms with E-state index in [4.69, 9.17) is 4.74 Å². The number of carbonyl (C=O) groups excluding carboxylic acids is 2. The number of aliphatic hydroxyl groups is 1. The van der Waals surface area contributed by atoms with Crippen LogP contribution >= 0.6 is 11.9 Å². The van der Waals surface area contributed by atoms with Crippen molar-refractivity contribution >= 4 is 23.8 Å². The minimum Gasteiger partial charge on any atom is -0.497 e. The average molecular weight is 571 g/mol. The van der Waals surface area contributed by atoms with Crippen LogP contribution in [0, 0.1) is 5.92 Å². The Balaban J connectivity index is 1.64. The molecule has 4 N–H and O–H groups in total. The number of nitrogens with one attached hydrogen (secondary N) is 3. The maximum absolute atomic E-state index is 14.0. The highest BCUT2D eigenvalue weighted by Gasteiger charge is 2.52. The first-order chi connectivity index (χ1) is 19.3. The topological polar surface area (TPSA) is 103 Å². The van der Waals surface area contributed by atoms with Gasteiger partial charge < -0.3 is 25.4 Å². The van der Waals surface area contributed by atoms with Crippen molar-refractivity contribution in [2.75, 3.05) is 32.5 Å². The monoisotopic (exact) mass is 570 g/mol. The zero-order valence-corrected chi connectivity index (χ0v) is 25.1. The summed E-state index contributed by atoms with van der Waals surface area (Å²) < 4.78 is 8.74. The first-order valence-corrected chi connectivity index (χ1v) is 15.4. The van der Waals surface area contributed by atoms with E-state index in [2.05, 4.69) is 36.1 Å². The molecule has 0 radical (unpaired) electrons. The summed E-state index contributed by atoms with van der Waals surface area (Å²) in [5.41, 5.74) is 1.50. The van der Waals surface area contributed by atoms with Crippen LogP contribution in [-0.2, 0) is 22.6 Å². The number of amides is 2. The lowest BCUT2D eigenvalue weighted by Gasteiger charge is -2.35. The third-order valence-corrected chi connectivity index (χ3v) is 8.62. The lowest BCUT2D eigenvalue weighted by molar-refractivity contribution is -0.141. The van der Waals surface area contributed by atoms with Crippen molar-refractivity contribution in [1.29, 1.82) is 0 Å². The molecule has 1 heterocycles. The average Bonchev–Trinajstić information content (AvgIpc) is 3.31. The zero-order chi connectivity index (χ0) is 29.0. The minimum absolute atomic E-state index is 0.00323. The standard InChI is InChI=1S/C31H46N4O4S/c1-5-23(3)31(34-40-6-2)17-18-35(30(31)38)28(16-15-24-11-8-7-9-12-24)29(37)33-22-26(36)21-32-20-25-13-10-14-27(19-25)39-4/h7-14,19,23,26,28,32,34,36H,5-6,15-18,20-22H2,1-4H3,(H,33,37). The van der Waals surface area contributed by atoms with Crippen LogP contribution in [0.5, 0.6) is 5.75 Å². The van der Waals surface area contributed by atoms with Crippen molar-refractivity contribution in [3.8, 4) is 5.75 Å². The molecule has 0 bridgehead atoms. The maximum Gasteiger partial charge on any atom is 0.244 e. The van der Waals surface area contributed by atoms with Gasteiger partial charge in [0.2, 0.25) is 11.8 Å². The number of likely N-dealkylation sites (tertiary alicyclic amines) is 1. The van der Waals surface area contributed by atoms with E-state index < -0.39 is 17.7 Å². The Labute approximate surface area is 243 Å². The second-order valence-corrected chi connectivity index (χ2v) is 11.6. The fraction of sp³-hybridized carbons (Fsp3) is 0.548. The van der Waals surface area contributed by atoms with Gasteiger partial charge >= 0.3 is 0 Å². The van der Waals surface area contributed by atoms with Crippen molar-refractivity contribution in [2.45, 2.75) is 70.7 Å². The SMILES string of the molecule is CCSNC1(C(C)CC)CCN(C(CCc2ccccc2)C(=O)NCC(O)CNCc2cccc(OC)c2)C1=O. The van der Waals surface area contributed by atoms with E-state index in [1.807, 2.05) is 54.6 Å². The molecule has 0 aliphatic carbocycles. The molecule has 4 atom stereocenters. The largest absolute Gasteiger partial charge is 0.497 e. The number of hydrogen-bond acceptors (Lipinski definition) is 7. The van der Waals surface area contributed by atoms with E-state index in [1.54, 1.807) is 24.0 Å². The molecule has 1 fully saturated rings. The minimum atomic E-state index is -0.763. The van der Waals surface area contributed by atoms with Gasteiger partial charge in [0.1, 0.15) is 17.3 Å². The van der Waals surface area contributed by atoms with Gasteiger partial charge in [0.25, 0.3) is 0 Å². The van der Waals surface area contributed by atoms with Gasteiger partial charge in [0, 0.05) is 31.9 Å². The number of carbonyl (C=O) groups is 2. The summed E-state index contributed by atoms with van der Waals surface area (Å²) >= 11 is 1.56. The molecule has 0 spiro atoms. The first-order valence-electron chi connectivity index (χ1n) is 14.4. The fourth-order valence-corrected chi connectivity index (χ4v) is 6.00. The highest BCUT2D eigenvalue weighted by Crippen LogP contribution is 2.36. The van der Waals surface area contributed by atoms with Crippen LogP contribution in [0.3, 0.4) is 0 Å². The van der Waals surface area contributed by atoms with Crippen molar-refractivity contribution in [3.05, 3.63) is 65.7 Å². The number of aliphatic hydroxyl groups excluding tert-OH is 1. The van der Waals surface area contributed by atoms with Crippen molar-refractivity contribution in [1.82, 2.24) is 20.3 Å². The summed E-state index contributed by atoms with van der Waals surface area (Å²) in [5, 5.41) is 16.7. The highest BCUT2D eigenvalue weighted by atomic mass is 32.2. The van der Waals surface area contributed by atoms with Gasteiger partial charge in [-0.15, -0.1) is 0 Å². The second-order valence-electron chi connectivity index (χ2n) is 10.5. The molecule has 0 saturated carbocycles. The number of aryl methyl sites for hydroxylation is 1. The Morgan fingerprint density at radius 1 is 1.12 bits per heavy atom. The van der Waals surface area contributed by atoms with Gasteiger partial charge in [0.05, 0.1) is 13.2 Å². The molecule has 9 heteroatoms. The summed E-state index contributed by atoms with van der Waals surface area (Å²) in [6.45, 7) is 7.80. The summed E-state index contributed by atoms with van der Waals surface area (Å²) in [4.78, 5) is 29.3. The molecule has 40 heavy (non-hydrogen) atoms. The lowest BCUT2D eigenvalue weighted by Crippen LogP contribution is -2.57. The number of methoxy groups -OCH3 is 1. The Bertz CT molecular complexity index is 1070. The van der Waals surface area contributed by atoms with Gasteiger partial charge in [0.15, 0.2) is 0 Å². The molecule has 1 saturated heterocycles. The summed E-state index contributed by atoms with van der Waals surface area (Å²) in [6, 6.07) is 17.2. The molecule has 3 rings (SSSR count). The van der Waals surface area contributed by atoms with E-state index in [-0.39, 0.29) is 24.3 Å². The van der Waals surface area contributed by atoms with Crippen molar-refractivity contribution < 1.29 is 19.4 Å². The van der Waals surface area contributed by atoms with E-state index in [1.165, 1.54) is 0 Å². The number of ether oxygens (including phenoxy) is 1. The fourth-order valence-electron chi connectivity index (χ4n) is 5.21. The van der Waals surface area contributed by atoms with Crippen LogP contribution in [-0.4, -0.2) is 72.0 Å². The molecule has 220 valence electrons. The molecule has 2 amide bonds. The van der Waals surface area contributed by atoms with Crippen LogP contribution < -0.4 is 20.1 Å². The number of rotatable bonds is 17. The van der Waals surface area contributed by atoms with Crippen molar-refractivity contribution in [2.24, 2.45) is 5.92 Å². The number of benzene rings is 2. The smallest absolute Gasteiger partial charge is 0.244 e. The van der Waals surface area contributed by atoms with Gasteiger partial charge in [-0.2, -0.15) is 0 Å². The molecule has 1 aliphatic heterocycles. The van der Waals surface area contributed by atoms with E-state index in [0.29, 0.717) is 38.9 Å². The zero-order valence-electron chi connectivity index (χ0n) is 24.3. The first kappa shape index (κ1) is 31.9. The molecule has 1 aliphatic rings. The van der Waals surface area contributed by atoms with Gasteiger partial charge in [-0.1, -0.05) is 81.6 Å². The molecule has 2 aromatic carbocycles. The van der Waals surface area contributed by atoms with Crippen LogP contribution in [0.15, 0.2) is 54.6 Å². The third-order valence-electron chi connectivity index (χ3n) is 7.83. The Kier molecular flexibility index (Phi) is 12.8. The summed E-state index contributed by atoms with van der Waals surface area (Å²) in [6.07, 6.45) is 1.97. The quantitative estimate of drug-likeness (QED) is 0.216. The molecule has 2 aromatic rings. The van der Waals surface area contributed by atoms with E-state index in [0.717, 1.165) is 29.1 Å². The molecule has 4 unspecified atom stereocenters. The Morgan fingerprint density at radius 2 is 1.88 bits per heavy atom. The molecule has 0 aromatic heterocycles. The molecular formula is C31H46N4O4S. The molecule has 8 nitrogen and oxygen atoms in total. The van der Waals surface area contributed by atoms with Crippen molar-refractivity contribution in [3.63, 3.8) is 0 Å². The van der Waals surface area contributed by atoms with Crippen LogP contribution in [0.1, 0.15) is 51.2 Å². The number of nitrogens with zero attached hydrogens (tertiary/aromatic N) is 1.